The van der Waals surface area contributed by atoms with Gasteiger partial charge in [0.2, 0.25) is 0 Å². The van der Waals surface area contributed by atoms with Crippen LogP contribution in [0.5, 0.6) is 0 Å². The Balaban J connectivity index is 2.72. The first-order valence-electron chi connectivity index (χ1n) is 5.18. The van der Waals surface area contributed by atoms with E-state index in [9.17, 15) is 9.59 Å². The van der Waals surface area contributed by atoms with Crippen molar-refractivity contribution >= 4 is 23.5 Å². The molecule has 18 heavy (non-hydrogen) atoms. The summed E-state index contributed by atoms with van der Waals surface area (Å²) in [5, 5.41) is 11.5. The molecule has 1 aromatic heterocycles. The highest BCUT2D eigenvalue weighted by molar-refractivity contribution is 6.33. The van der Waals surface area contributed by atoms with Crippen LogP contribution in [0.25, 0.3) is 0 Å². The van der Waals surface area contributed by atoms with Crippen LogP contribution in [0.4, 0.5) is 0 Å². The van der Waals surface area contributed by atoms with Crippen molar-refractivity contribution < 1.29 is 19.4 Å². The van der Waals surface area contributed by atoms with Crippen LogP contribution in [0.2, 0.25) is 5.02 Å². The first kappa shape index (κ1) is 14.4. The molecule has 0 saturated carbocycles. The van der Waals surface area contributed by atoms with E-state index in [-0.39, 0.29) is 23.6 Å². The van der Waals surface area contributed by atoms with E-state index in [1.807, 2.05) is 0 Å². The van der Waals surface area contributed by atoms with Crippen molar-refractivity contribution in [2.24, 2.45) is 0 Å². The minimum Gasteiger partial charge on any atom is -0.480 e. The summed E-state index contributed by atoms with van der Waals surface area (Å²) in [4.78, 5) is 26.5. The van der Waals surface area contributed by atoms with Gasteiger partial charge in [0.05, 0.1) is 10.6 Å². The summed E-state index contributed by atoms with van der Waals surface area (Å²) >= 11 is 5.81. The molecule has 0 radical (unpaired) electrons. The summed E-state index contributed by atoms with van der Waals surface area (Å²) in [5.74, 6) is -1.70. The predicted octanol–water partition coefficient (Wildman–Crippen LogP) is 0.954. The Labute approximate surface area is 109 Å². The minimum absolute atomic E-state index is 0.142. The van der Waals surface area contributed by atoms with Crippen molar-refractivity contribution in [3.63, 3.8) is 0 Å². The summed E-state index contributed by atoms with van der Waals surface area (Å²) in [6.45, 7) is 0.234. The lowest BCUT2D eigenvalue weighted by atomic mass is 10.2. The normalized spacial score (nSPS) is 11.9. The molecule has 0 aliphatic rings. The molecule has 0 aliphatic carbocycles. The molecule has 0 fully saturated rings. The number of carboxylic acids is 1. The molecule has 0 aliphatic heterocycles. The average Bonchev–Trinajstić information content (AvgIpc) is 2.34. The lowest BCUT2D eigenvalue weighted by Crippen LogP contribution is -2.41. The Kier molecular flexibility index (Phi) is 5.54. The summed E-state index contributed by atoms with van der Waals surface area (Å²) < 4.78 is 4.78. The molecule has 2 N–H and O–H groups in total. The number of hydrogen-bond donors (Lipinski definition) is 2. The number of nitrogens with one attached hydrogen (secondary N) is 1. The second kappa shape index (κ2) is 6.93. The molecular weight excluding hydrogens is 260 g/mol. The Morgan fingerprint density at radius 2 is 2.33 bits per heavy atom. The van der Waals surface area contributed by atoms with Crippen LogP contribution in [0.1, 0.15) is 16.8 Å². The second-order valence-corrected chi connectivity index (χ2v) is 3.91. The van der Waals surface area contributed by atoms with Gasteiger partial charge in [-0.15, -0.1) is 0 Å². The number of aliphatic carboxylic acids is 1. The third-order valence-electron chi connectivity index (χ3n) is 2.23. The summed E-state index contributed by atoms with van der Waals surface area (Å²) in [7, 11) is 1.46. The minimum atomic E-state index is -1.12. The molecule has 1 rings (SSSR count). The number of amides is 1. The zero-order valence-corrected chi connectivity index (χ0v) is 10.5. The molecule has 0 spiro atoms. The molecule has 1 aromatic rings. The van der Waals surface area contributed by atoms with Gasteiger partial charge in [0.15, 0.2) is 0 Å². The Morgan fingerprint density at radius 3 is 2.89 bits per heavy atom. The van der Waals surface area contributed by atoms with Gasteiger partial charge in [0, 0.05) is 32.5 Å². The standard InChI is InChI=1S/C11H13ClN2O4/c1-18-5-3-9(11(16)17)14-10(15)7-6-13-4-2-8(7)12/h2,4,6,9H,3,5H2,1H3,(H,14,15)(H,16,17). The SMILES string of the molecule is COCCC(NC(=O)c1cnccc1Cl)C(=O)O. The Hall–Kier alpha value is -1.66. The van der Waals surface area contributed by atoms with E-state index in [0.29, 0.717) is 0 Å². The average molecular weight is 273 g/mol. The highest BCUT2D eigenvalue weighted by Crippen LogP contribution is 2.13. The number of carbonyl (C=O) groups is 2. The number of hydrogen-bond acceptors (Lipinski definition) is 4. The van der Waals surface area contributed by atoms with Gasteiger partial charge < -0.3 is 15.2 Å². The molecule has 1 unspecified atom stereocenters. The van der Waals surface area contributed by atoms with E-state index in [2.05, 4.69) is 10.3 Å². The fourth-order valence-electron chi connectivity index (χ4n) is 1.27. The maximum absolute atomic E-state index is 11.8. The summed E-state index contributed by atoms with van der Waals surface area (Å²) in [5.41, 5.74) is 0.142. The zero-order valence-electron chi connectivity index (χ0n) is 9.72. The van der Waals surface area contributed by atoms with Crippen LogP contribution in [0, 0.1) is 0 Å². The van der Waals surface area contributed by atoms with Crippen molar-refractivity contribution in [1.29, 1.82) is 0 Å². The lowest BCUT2D eigenvalue weighted by Gasteiger charge is -2.14. The van der Waals surface area contributed by atoms with Crippen LogP contribution in [-0.4, -0.2) is 41.7 Å². The van der Waals surface area contributed by atoms with Crippen molar-refractivity contribution in [3.05, 3.63) is 29.0 Å². The van der Waals surface area contributed by atoms with Gasteiger partial charge in [-0.05, 0) is 6.07 Å². The first-order valence-corrected chi connectivity index (χ1v) is 5.56. The number of halogens is 1. The molecule has 1 atom stereocenters. The van der Waals surface area contributed by atoms with Crippen molar-refractivity contribution in [3.8, 4) is 0 Å². The van der Waals surface area contributed by atoms with E-state index in [1.165, 1.54) is 25.6 Å². The topological polar surface area (TPSA) is 88.5 Å². The van der Waals surface area contributed by atoms with Gasteiger partial charge in [-0.2, -0.15) is 0 Å². The number of pyridine rings is 1. The fourth-order valence-corrected chi connectivity index (χ4v) is 1.46. The molecular formula is C11H13ClN2O4. The molecule has 0 aromatic carbocycles. The predicted molar refractivity (Wildman–Crippen MR) is 64.6 cm³/mol. The van der Waals surface area contributed by atoms with E-state index < -0.39 is 17.9 Å². The second-order valence-electron chi connectivity index (χ2n) is 3.50. The van der Waals surface area contributed by atoms with Gasteiger partial charge >= 0.3 is 5.97 Å². The number of ether oxygens (including phenoxy) is 1. The monoisotopic (exact) mass is 272 g/mol. The number of methoxy groups -OCH3 is 1. The number of rotatable bonds is 6. The van der Waals surface area contributed by atoms with Gasteiger partial charge in [-0.1, -0.05) is 11.6 Å². The number of carboxylic acid groups (broad SMARTS) is 1. The maximum atomic E-state index is 11.8. The zero-order chi connectivity index (χ0) is 13.5. The number of nitrogens with zero attached hydrogens (tertiary/aromatic N) is 1. The first-order chi connectivity index (χ1) is 8.56. The molecule has 1 heterocycles. The molecule has 98 valence electrons. The molecule has 0 bridgehead atoms. The third kappa shape index (κ3) is 3.97. The van der Waals surface area contributed by atoms with E-state index in [1.54, 1.807) is 0 Å². The lowest BCUT2D eigenvalue weighted by molar-refractivity contribution is -0.139. The maximum Gasteiger partial charge on any atom is 0.326 e. The van der Waals surface area contributed by atoms with Crippen LogP contribution in [0.3, 0.4) is 0 Å². The number of carbonyl (C=O) groups excluding carboxylic acids is 1. The smallest absolute Gasteiger partial charge is 0.326 e. The van der Waals surface area contributed by atoms with Gasteiger partial charge in [-0.3, -0.25) is 9.78 Å². The molecule has 7 heteroatoms. The van der Waals surface area contributed by atoms with Crippen LogP contribution >= 0.6 is 11.6 Å². The van der Waals surface area contributed by atoms with E-state index >= 15 is 0 Å². The summed E-state index contributed by atoms with van der Waals surface area (Å²) in [6, 6.07) is 0.440. The van der Waals surface area contributed by atoms with Crippen molar-refractivity contribution in [2.45, 2.75) is 12.5 Å². The quantitative estimate of drug-likeness (QED) is 0.805. The van der Waals surface area contributed by atoms with Crippen LogP contribution in [-0.2, 0) is 9.53 Å². The molecule has 1 amide bonds. The van der Waals surface area contributed by atoms with E-state index in [0.717, 1.165) is 0 Å². The van der Waals surface area contributed by atoms with E-state index in [4.69, 9.17) is 21.4 Å². The molecule has 0 saturated heterocycles. The van der Waals surface area contributed by atoms with Crippen LogP contribution in [0.15, 0.2) is 18.5 Å². The van der Waals surface area contributed by atoms with Crippen LogP contribution < -0.4 is 5.32 Å². The summed E-state index contributed by atoms with van der Waals surface area (Å²) in [6.07, 6.45) is 2.90. The fraction of sp³-hybridized carbons (Fsp3) is 0.364. The molecule has 6 nitrogen and oxygen atoms in total. The van der Waals surface area contributed by atoms with Gasteiger partial charge in [-0.25, -0.2) is 4.79 Å². The Morgan fingerprint density at radius 1 is 1.61 bits per heavy atom. The van der Waals surface area contributed by atoms with Gasteiger partial charge in [0.1, 0.15) is 6.04 Å². The highest BCUT2D eigenvalue weighted by atomic mass is 35.5. The van der Waals surface area contributed by atoms with Gasteiger partial charge in [0.25, 0.3) is 5.91 Å². The number of aromatic nitrogens is 1. The van der Waals surface area contributed by atoms with Crippen molar-refractivity contribution in [2.75, 3.05) is 13.7 Å². The third-order valence-corrected chi connectivity index (χ3v) is 2.56. The highest BCUT2D eigenvalue weighted by Gasteiger charge is 2.21. The largest absolute Gasteiger partial charge is 0.480 e. The Bertz CT molecular complexity index is 439. The van der Waals surface area contributed by atoms with Crippen molar-refractivity contribution in [1.82, 2.24) is 10.3 Å².